The highest BCUT2D eigenvalue weighted by Gasteiger charge is 1.95. The first-order valence-electron chi connectivity index (χ1n) is 6.68. The summed E-state index contributed by atoms with van der Waals surface area (Å²) >= 11 is 0. The molecule has 2 nitrogen and oxygen atoms in total. The number of hydrogen-bond acceptors (Lipinski definition) is 2. The summed E-state index contributed by atoms with van der Waals surface area (Å²) in [5.74, 6) is 0. The maximum atomic E-state index is 5.03. The summed E-state index contributed by atoms with van der Waals surface area (Å²) in [5, 5.41) is 3.48. The molecule has 1 aromatic rings. The second-order valence-electron chi connectivity index (χ2n) is 4.43. The van der Waals surface area contributed by atoms with Crippen molar-refractivity contribution < 1.29 is 4.74 Å². The van der Waals surface area contributed by atoms with E-state index in [9.17, 15) is 0 Å². The van der Waals surface area contributed by atoms with Gasteiger partial charge < -0.3 is 10.1 Å². The van der Waals surface area contributed by atoms with Crippen LogP contribution < -0.4 is 5.32 Å². The predicted octanol–water partition coefficient (Wildman–Crippen LogP) is 3.87. The van der Waals surface area contributed by atoms with Gasteiger partial charge >= 0.3 is 0 Å². The lowest BCUT2D eigenvalue weighted by molar-refractivity contribution is 0.192. The molecular weight excluding hydrogens is 210 g/mol. The summed E-state index contributed by atoms with van der Waals surface area (Å²) in [5.41, 5.74) is 2.68. The molecule has 17 heavy (non-hydrogen) atoms. The zero-order valence-corrected chi connectivity index (χ0v) is 11.2. The lowest BCUT2D eigenvalue weighted by Crippen LogP contribution is -2.02. The highest BCUT2D eigenvalue weighted by Crippen LogP contribution is 2.12. The van der Waals surface area contributed by atoms with Crippen LogP contribution in [0.4, 0.5) is 5.69 Å². The standard InChI is InChI=1S/C15H25NO/c1-3-8-14-9-7-10-15(13-14)16-11-5-4-6-12-17-2/h7,9-10,13,16H,3-6,8,11-12H2,1-2H3. The van der Waals surface area contributed by atoms with E-state index in [0.717, 1.165) is 19.6 Å². The lowest BCUT2D eigenvalue weighted by atomic mass is 10.1. The van der Waals surface area contributed by atoms with Crippen LogP contribution in [0.3, 0.4) is 0 Å². The van der Waals surface area contributed by atoms with Crippen molar-refractivity contribution >= 4 is 5.69 Å². The smallest absolute Gasteiger partial charge is 0.0462 e. The minimum absolute atomic E-state index is 0.881. The molecule has 0 saturated heterocycles. The van der Waals surface area contributed by atoms with Gasteiger partial charge in [0.2, 0.25) is 0 Å². The Labute approximate surface area is 105 Å². The Morgan fingerprint density at radius 1 is 1.18 bits per heavy atom. The van der Waals surface area contributed by atoms with Crippen LogP contribution in [0.2, 0.25) is 0 Å². The van der Waals surface area contributed by atoms with Crippen LogP contribution in [0.5, 0.6) is 0 Å². The Balaban J connectivity index is 2.19. The lowest BCUT2D eigenvalue weighted by Gasteiger charge is -2.08. The van der Waals surface area contributed by atoms with E-state index in [2.05, 4.69) is 36.5 Å². The second kappa shape index (κ2) is 9.06. The van der Waals surface area contributed by atoms with Crippen molar-refractivity contribution in [1.82, 2.24) is 0 Å². The van der Waals surface area contributed by atoms with Crippen LogP contribution >= 0.6 is 0 Å². The van der Waals surface area contributed by atoms with Gasteiger partial charge in [-0.15, -0.1) is 0 Å². The molecule has 0 amide bonds. The average Bonchev–Trinajstić information content (AvgIpc) is 2.35. The maximum absolute atomic E-state index is 5.03. The Morgan fingerprint density at radius 2 is 2.06 bits per heavy atom. The molecule has 0 bridgehead atoms. The molecule has 0 aliphatic carbocycles. The molecule has 0 heterocycles. The minimum atomic E-state index is 0.881. The largest absolute Gasteiger partial charge is 0.385 e. The molecule has 1 aromatic carbocycles. The van der Waals surface area contributed by atoms with Crippen molar-refractivity contribution in [2.24, 2.45) is 0 Å². The molecule has 0 saturated carbocycles. The van der Waals surface area contributed by atoms with Crippen LogP contribution in [0.25, 0.3) is 0 Å². The van der Waals surface area contributed by atoms with E-state index in [1.807, 2.05) is 0 Å². The third-order valence-corrected chi connectivity index (χ3v) is 2.82. The van der Waals surface area contributed by atoms with Crippen LogP contribution in [-0.4, -0.2) is 20.3 Å². The molecule has 1 rings (SSSR count). The first-order valence-corrected chi connectivity index (χ1v) is 6.68. The summed E-state index contributed by atoms with van der Waals surface area (Å²) in [6.45, 7) is 4.15. The number of rotatable bonds is 9. The first-order chi connectivity index (χ1) is 8.36. The molecular formula is C15H25NO. The van der Waals surface area contributed by atoms with Crippen molar-refractivity contribution in [2.75, 3.05) is 25.6 Å². The van der Waals surface area contributed by atoms with Gasteiger partial charge in [-0.2, -0.15) is 0 Å². The summed E-state index contributed by atoms with van der Waals surface area (Å²) in [7, 11) is 1.76. The number of nitrogens with one attached hydrogen (secondary N) is 1. The van der Waals surface area contributed by atoms with Gasteiger partial charge in [-0.05, 0) is 43.4 Å². The van der Waals surface area contributed by atoms with E-state index in [-0.39, 0.29) is 0 Å². The fraction of sp³-hybridized carbons (Fsp3) is 0.600. The highest BCUT2D eigenvalue weighted by atomic mass is 16.5. The third-order valence-electron chi connectivity index (χ3n) is 2.82. The maximum Gasteiger partial charge on any atom is 0.0462 e. The summed E-state index contributed by atoms with van der Waals surface area (Å²) in [6.07, 6.45) is 5.98. The van der Waals surface area contributed by atoms with E-state index >= 15 is 0 Å². The highest BCUT2D eigenvalue weighted by molar-refractivity contribution is 5.45. The molecule has 0 atom stereocenters. The van der Waals surface area contributed by atoms with Crippen LogP contribution in [0, 0.1) is 0 Å². The number of hydrogen-bond donors (Lipinski definition) is 1. The normalized spacial score (nSPS) is 10.5. The average molecular weight is 235 g/mol. The molecule has 96 valence electrons. The van der Waals surface area contributed by atoms with Gasteiger partial charge in [-0.1, -0.05) is 25.5 Å². The van der Waals surface area contributed by atoms with E-state index in [1.165, 1.54) is 36.9 Å². The molecule has 0 radical (unpaired) electrons. The third kappa shape index (κ3) is 6.32. The van der Waals surface area contributed by atoms with Crippen molar-refractivity contribution in [3.8, 4) is 0 Å². The van der Waals surface area contributed by atoms with Gasteiger partial charge in [0.1, 0.15) is 0 Å². The zero-order chi connectivity index (χ0) is 12.3. The Hall–Kier alpha value is -1.02. The molecule has 0 aliphatic heterocycles. The van der Waals surface area contributed by atoms with Crippen LogP contribution in [0.1, 0.15) is 38.2 Å². The fourth-order valence-corrected chi connectivity index (χ4v) is 1.91. The summed E-state index contributed by atoms with van der Waals surface area (Å²) < 4.78 is 5.03. The van der Waals surface area contributed by atoms with Crippen molar-refractivity contribution in [1.29, 1.82) is 0 Å². The van der Waals surface area contributed by atoms with E-state index < -0.39 is 0 Å². The predicted molar refractivity (Wildman–Crippen MR) is 74.7 cm³/mol. The second-order valence-corrected chi connectivity index (χ2v) is 4.43. The van der Waals surface area contributed by atoms with Crippen LogP contribution in [0.15, 0.2) is 24.3 Å². The Kier molecular flexibility index (Phi) is 7.48. The van der Waals surface area contributed by atoms with Crippen molar-refractivity contribution in [3.05, 3.63) is 29.8 Å². The molecule has 0 fully saturated rings. The zero-order valence-electron chi connectivity index (χ0n) is 11.2. The molecule has 0 aromatic heterocycles. The van der Waals surface area contributed by atoms with Gasteiger partial charge in [0.05, 0.1) is 0 Å². The van der Waals surface area contributed by atoms with Crippen LogP contribution in [-0.2, 0) is 11.2 Å². The summed E-state index contributed by atoms with van der Waals surface area (Å²) in [4.78, 5) is 0. The number of methoxy groups -OCH3 is 1. The monoisotopic (exact) mass is 235 g/mol. The number of ether oxygens (including phenoxy) is 1. The van der Waals surface area contributed by atoms with Gasteiger partial charge in [0.15, 0.2) is 0 Å². The quantitative estimate of drug-likeness (QED) is 0.656. The number of unbranched alkanes of at least 4 members (excludes halogenated alkanes) is 2. The van der Waals surface area contributed by atoms with Gasteiger partial charge in [-0.3, -0.25) is 0 Å². The van der Waals surface area contributed by atoms with Crippen molar-refractivity contribution in [3.63, 3.8) is 0 Å². The van der Waals surface area contributed by atoms with Gasteiger partial charge in [-0.25, -0.2) is 0 Å². The van der Waals surface area contributed by atoms with Gasteiger partial charge in [0.25, 0.3) is 0 Å². The SMILES string of the molecule is CCCc1cccc(NCCCCCOC)c1. The molecule has 1 N–H and O–H groups in total. The fourth-order valence-electron chi connectivity index (χ4n) is 1.91. The van der Waals surface area contributed by atoms with Gasteiger partial charge in [0, 0.05) is 25.9 Å². The van der Waals surface area contributed by atoms with E-state index in [4.69, 9.17) is 4.74 Å². The number of anilines is 1. The topological polar surface area (TPSA) is 21.3 Å². The summed E-state index contributed by atoms with van der Waals surface area (Å²) in [6, 6.07) is 8.75. The number of aryl methyl sites for hydroxylation is 1. The molecule has 0 aliphatic rings. The molecule has 0 unspecified atom stereocenters. The minimum Gasteiger partial charge on any atom is -0.385 e. The first kappa shape index (κ1) is 14.0. The van der Waals surface area contributed by atoms with E-state index in [1.54, 1.807) is 7.11 Å². The van der Waals surface area contributed by atoms with E-state index in [0.29, 0.717) is 0 Å². The van der Waals surface area contributed by atoms with Crippen molar-refractivity contribution in [2.45, 2.75) is 39.0 Å². The number of benzene rings is 1. The molecule has 0 spiro atoms. The Morgan fingerprint density at radius 3 is 2.82 bits per heavy atom. The Bertz CT molecular complexity index is 299. The molecule has 2 heteroatoms.